The molecule has 1 aliphatic rings. The molecule has 1 fully saturated rings. The highest BCUT2D eigenvalue weighted by atomic mass is 32.1. The minimum absolute atomic E-state index is 0.0229. The average Bonchev–Trinajstić information content (AvgIpc) is 2.88. The van der Waals surface area contributed by atoms with Crippen LogP contribution in [0.3, 0.4) is 0 Å². The fourth-order valence-electron chi connectivity index (χ4n) is 3.65. The molecule has 0 unspecified atom stereocenters. The molecule has 0 saturated heterocycles. The van der Waals surface area contributed by atoms with Crippen LogP contribution in [0.15, 0.2) is 24.3 Å². The molecular formula is C20H25N5O2S. The molecule has 0 atom stereocenters. The number of hydrogen-bond acceptors (Lipinski definition) is 5. The summed E-state index contributed by atoms with van der Waals surface area (Å²) in [5, 5.41) is 19.3. The van der Waals surface area contributed by atoms with Crippen LogP contribution in [0, 0.1) is 22.0 Å². The molecule has 2 aromatic rings. The van der Waals surface area contributed by atoms with Crippen molar-refractivity contribution in [1.82, 2.24) is 14.8 Å². The van der Waals surface area contributed by atoms with E-state index in [1.54, 1.807) is 0 Å². The molecule has 1 heterocycles. The average molecular weight is 400 g/mol. The Labute approximate surface area is 169 Å². The van der Waals surface area contributed by atoms with E-state index in [0.29, 0.717) is 16.9 Å². The van der Waals surface area contributed by atoms with Gasteiger partial charge in [0.2, 0.25) is 0 Å². The number of aromatic nitrogens is 3. The van der Waals surface area contributed by atoms with Crippen LogP contribution in [0.4, 0.5) is 10.5 Å². The maximum absolute atomic E-state index is 12.1. The quantitative estimate of drug-likeness (QED) is 0.750. The van der Waals surface area contributed by atoms with Crippen LogP contribution in [0.1, 0.15) is 45.0 Å². The van der Waals surface area contributed by atoms with E-state index < -0.39 is 11.7 Å². The molecule has 1 saturated carbocycles. The van der Waals surface area contributed by atoms with Gasteiger partial charge in [0.05, 0.1) is 6.07 Å². The largest absolute Gasteiger partial charge is 0.444 e. The summed E-state index contributed by atoms with van der Waals surface area (Å²) in [5.41, 5.74) is 0.970. The Morgan fingerprint density at radius 1 is 1.50 bits per heavy atom. The molecule has 1 aliphatic carbocycles. The highest BCUT2D eigenvalue weighted by Gasteiger charge is 2.46. The normalized spacial score (nSPS) is 21.5. The highest BCUT2D eigenvalue weighted by molar-refractivity contribution is 7.71. The first-order valence-corrected chi connectivity index (χ1v) is 9.63. The molecule has 0 radical (unpaired) electrons. The lowest BCUT2D eigenvalue weighted by Gasteiger charge is -2.45. The first kappa shape index (κ1) is 20.1. The summed E-state index contributed by atoms with van der Waals surface area (Å²) in [5.74, 6) is 0.876. The van der Waals surface area contributed by atoms with Crippen LogP contribution in [-0.2, 0) is 23.6 Å². The van der Waals surface area contributed by atoms with Gasteiger partial charge in [-0.1, -0.05) is 12.1 Å². The Bertz CT molecular complexity index is 973. The number of nitrogens with one attached hydrogen (secondary N) is 2. The summed E-state index contributed by atoms with van der Waals surface area (Å²) in [4.78, 5) is 12.1. The SMILES string of the molecule is Cn1c(CC2(c3cccc(NC(=O)OC(C)(C)C)c3)CC(C#N)C2)n[nH]c1=S. The van der Waals surface area contributed by atoms with E-state index in [4.69, 9.17) is 17.0 Å². The van der Waals surface area contributed by atoms with Gasteiger partial charge in [-0.25, -0.2) is 4.79 Å². The first-order valence-electron chi connectivity index (χ1n) is 9.22. The molecule has 7 nitrogen and oxygen atoms in total. The maximum Gasteiger partial charge on any atom is 0.412 e. The monoisotopic (exact) mass is 399 g/mol. The van der Waals surface area contributed by atoms with Gasteiger partial charge in [-0.15, -0.1) is 0 Å². The molecule has 28 heavy (non-hydrogen) atoms. The van der Waals surface area contributed by atoms with Crippen LogP contribution in [-0.4, -0.2) is 26.5 Å². The van der Waals surface area contributed by atoms with Crippen molar-refractivity contribution < 1.29 is 9.53 Å². The van der Waals surface area contributed by atoms with E-state index in [0.717, 1.165) is 24.2 Å². The molecule has 0 spiro atoms. The summed E-state index contributed by atoms with van der Waals surface area (Å²) >= 11 is 5.22. The van der Waals surface area contributed by atoms with E-state index in [1.165, 1.54) is 0 Å². The summed E-state index contributed by atoms with van der Waals surface area (Å²) in [7, 11) is 1.88. The predicted molar refractivity (Wildman–Crippen MR) is 108 cm³/mol. The molecule has 1 amide bonds. The fraction of sp³-hybridized carbons (Fsp3) is 0.500. The van der Waals surface area contributed by atoms with E-state index in [9.17, 15) is 10.1 Å². The highest BCUT2D eigenvalue weighted by Crippen LogP contribution is 2.50. The Morgan fingerprint density at radius 3 is 2.79 bits per heavy atom. The smallest absolute Gasteiger partial charge is 0.412 e. The lowest BCUT2D eigenvalue weighted by Crippen LogP contribution is -2.43. The molecule has 8 heteroatoms. The minimum Gasteiger partial charge on any atom is -0.444 e. The number of ether oxygens (including phenoxy) is 1. The van der Waals surface area contributed by atoms with Crippen molar-refractivity contribution in [3.8, 4) is 6.07 Å². The van der Waals surface area contributed by atoms with Crippen molar-refractivity contribution in [3.05, 3.63) is 40.4 Å². The number of amides is 1. The number of aromatic amines is 1. The lowest BCUT2D eigenvalue weighted by atomic mass is 9.57. The molecular weight excluding hydrogens is 374 g/mol. The minimum atomic E-state index is -0.562. The Morgan fingerprint density at radius 2 is 2.21 bits per heavy atom. The lowest BCUT2D eigenvalue weighted by molar-refractivity contribution is 0.0636. The number of hydrogen-bond donors (Lipinski definition) is 2. The zero-order valence-corrected chi connectivity index (χ0v) is 17.4. The Hall–Kier alpha value is -2.66. The standard InChI is InChI=1S/C20H25N5O2S/c1-19(2,3)27-18(26)22-15-7-5-6-14(8-15)20(9-13(10-20)12-21)11-16-23-24-17(28)25(16)4/h5-8,13H,9-11H2,1-4H3,(H,22,26)(H,24,28). The second kappa shape index (κ2) is 7.40. The summed E-state index contributed by atoms with van der Waals surface area (Å²) in [6, 6.07) is 10.1. The topological polar surface area (TPSA) is 95.7 Å². The molecule has 3 rings (SSSR count). The van der Waals surface area contributed by atoms with Gasteiger partial charge in [-0.05, 0) is 63.5 Å². The molecule has 2 N–H and O–H groups in total. The van der Waals surface area contributed by atoms with Crippen LogP contribution in [0.5, 0.6) is 0 Å². The maximum atomic E-state index is 12.1. The zero-order chi connectivity index (χ0) is 20.5. The van der Waals surface area contributed by atoms with E-state index in [1.807, 2.05) is 56.7 Å². The molecule has 0 aliphatic heterocycles. The van der Waals surface area contributed by atoms with Crippen molar-refractivity contribution in [2.75, 3.05) is 5.32 Å². The predicted octanol–water partition coefficient (Wildman–Crippen LogP) is 4.24. The molecule has 1 aromatic heterocycles. The van der Waals surface area contributed by atoms with Crippen LogP contribution < -0.4 is 5.32 Å². The summed E-state index contributed by atoms with van der Waals surface area (Å²) in [6.45, 7) is 5.48. The molecule has 148 valence electrons. The van der Waals surface area contributed by atoms with Gasteiger partial charge < -0.3 is 9.30 Å². The summed E-state index contributed by atoms with van der Waals surface area (Å²) in [6.07, 6.45) is 1.68. The number of H-pyrrole nitrogens is 1. The van der Waals surface area contributed by atoms with E-state index >= 15 is 0 Å². The van der Waals surface area contributed by atoms with Gasteiger partial charge in [-0.2, -0.15) is 10.4 Å². The van der Waals surface area contributed by atoms with Gasteiger partial charge in [0.1, 0.15) is 11.4 Å². The molecule has 1 aromatic carbocycles. The number of carbonyl (C=O) groups excluding carboxylic acids is 1. The second-order valence-corrected chi connectivity index (χ2v) is 8.79. The third-order valence-corrected chi connectivity index (χ3v) is 5.41. The number of carbonyl (C=O) groups is 1. The van der Waals surface area contributed by atoms with Gasteiger partial charge in [0, 0.05) is 30.5 Å². The van der Waals surface area contributed by atoms with Crippen LogP contribution >= 0.6 is 12.2 Å². The van der Waals surface area contributed by atoms with Crippen molar-refractivity contribution in [3.63, 3.8) is 0 Å². The van der Waals surface area contributed by atoms with E-state index in [2.05, 4.69) is 21.6 Å². The van der Waals surface area contributed by atoms with Crippen molar-refractivity contribution in [2.24, 2.45) is 13.0 Å². The number of anilines is 1. The summed E-state index contributed by atoms with van der Waals surface area (Å²) < 4.78 is 7.77. The van der Waals surface area contributed by atoms with Crippen LogP contribution in [0.25, 0.3) is 0 Å². The van der Waals surface area contributed by atoms with Crippen molar-refractivity contribution in [2.45, 2.75) is 51.0 Å². The van der Waals surface area contributed by atoms with Gasteiger partial charge >= 0.3 is 6.09 Å². The molecule has 0 bridgehead atoms. The fourth-order valence-corrected chi connectivity index (χ4v) is 3.80. The number of benzene rings is 1. The van der Waals surface area contributed by atoms with E-state index in [-0.39, 0.29) is 11.3 Å². The third kappa shape index (κ3) is 4.25. The second-order valence-electron chi connectivity index (χ2n) is 8.40. The van der Waals surface area contributed by atoms with Crippen molar-refractivity contribution >= 4 is 24.0 Å². The number of rotatable bonds is 4. The third-order valence-electron chi connectivity index (χ3n) is 5.05. The number of nitrogens with zero attached hydrogens (tertiary/aromatic N) is 3. The Kier molecular flexibility index (Phi) is 5.31. The zero-order valence-electron chi connectivity index (χ0n) is 16.6. The van der Waals surface area contributed by atoms with Crippen LogP contribution in [0.2, 0.25) is 0 Å². The number of nitriles is 1. The Balaban J connectivity index is 1.85. The first-order chi connectivity index (χ1) is 13.1. The van der Waals surface area contributed by atoms with Crippen molar-refractivity contribution in [1.29, 1.82) is 5.26 Å². The van der Waals surface area contributed by atoms with Gasteiger partial charge in [-0.3, -0.25) is 10.4 Å². The van der Waals surface area contributed by atoms with Gasteiger partial charge in [0.15, 0.2) is 4.77 Å². The van der Waals surface area contributed by atoms with Gasteiger partial charge in [0.25, 0.3) is 0 Å².